The number of ether oxygens (including phenoxy) is 1. The lowest BCUT2D eigenvalue weighted by molar-refractivity contribution is 0.120. The number of hydrogen-bond donors (Lipinski definition) is 1. The van der Waals surface area contributed by atoms with Crippen molar-refractivity contribution in [2.75, 3.05) is 25.5 Å². The van der Waals surface area contributed by atoms with Crippen LogP contribution in [0.15, 0.2) is 54.6 Å². The predicted molar refractivity (Wildman–Crippen MR) is 113 cm³/mol. The molecule has 2 aliphatic rings. The summed E-state index contributed by atoms with van der Waals surface area (Å²) in [4.78, 5) is 2.75. The average molecular weight is 365 g/mol. The van der Waals surface area contributed by atoms with Gasteiger partial charge in [-0.2, -0.15) is 0 Å². The van der Waals surface area contributed by atoms with Crippen molar-refractivity contribution in [3.63, 3.8) is 0 Å². The monoisotopic (exact) mass is 364 g/mol. The first kappa shape index (κ1) is 18.4. The molecule has 3 nitrogen and oxygen atoms in total. The second-order valence-electron chi connectivity index (χ2n) is 8.10. The number of nitrogens with zero attached hydrogens (tertiary/aromatic N) is 1. The molecule has 1 aliphatic carbocycles. The Bertz CT molecular complexity index is 701. The van der Waals surface area contributed by atoms with Crippen LogP contribution in [0.3, 0.4) is 0 Å². The fourth-order valence-corrected chi connectivity index (χ4v) is 4.86. The standard InChI is InChI=1S/C24H32N2O/c1-27-24-9-5-8-22(18-24)25-21-14-16-26(17-15-21)23-12-10-20(11-13-23)19-6-3-2-4-7-19/h2-9,18,20-21,23,25H,10-17H2,1H3. The van der Waals surface area contributed by atoms with Gasteiger partial charge in [0.1, 0.15) is 5.75 Å². The summed E-state index contributed by atoms with van der Waals surface area (Å²) >= 11 is 0. The van der Waals surface area contributed by atoms with Gasteiger partial charge in [0.25, 0.3) is 0 Å². The molecule has 1 heterocycles. The molecule has 1 saturated heterocycles. The Labute approximate surface area is 163 Å². The molecule has 0 spiro atoms. The quantitative estimate of drug-likeness (QED) is 0.779. The fraction of sp³-hybridized carbons (Fsp3) is 0.500. The van der Waals surface area contributed by atoms with Gasteiger partial charge in [0.05, 0.1) is 7.11 Å². The Kier molecular flexibility index (Phi) is 5.98. The molecule has 1 aliphatic heterocycles. The summed E-state index contributed by atoms with van der Waals surface area (Å²) in [5.41, 5.74) is 2.72. The van der Waals surface area contributed by atoms with E-state index >= 15 is 0 Å². The van der Waals surface area contributed by atoms with E-state index in [1.165, 1.54) is 62.9 Å². The maximum Gasteiger partial charge on any atom is 0.120 e. The average Bonchev–Trinajstić information content (AvgIpc) is 2.75. The molecular formula is C24H32N2O. The molecule has 0 bridgehead atoms. The molecule has 2 aromatic carbocycles. The smallest absolute Gasteiger partial charge is 0.120 e. The minimum absolute atomic E-state index is 0.578. The summed E-state index contributed by atoms with van der Waals surface area (Å²) in [7, 11) is 1.73. The Balaban J connectivity index is 1.24. The third kappa shape index (κ3) is 4.65. The molecule has 0 unspecified atom stereocenters. The zero-order valence-corrected chi connectivity index (χ0v) is 16.4. The van der Waals surface area contributed by atoms with Crippen LogP contribution in [0.5, 0.6) is 5.75 Å². The molecule has 0 amide bonds. The van der Waals surface area contributed by atoms with E-state index in [9.17, 15) is 0 Å². The van der Waals surface area contributed by atoms with Gasteiger partial charge in [-0.1, -0.05) is 36.4 Å². The molecule has 1 N–H and O–H groups in total. The van der Waals surface area contributed by atoms with Crippen molar-refractivity contribution in [2.45, 2.75) is 56.5 Å². The molecule has 4 rings (SSSR count). The molecule has 2 aromatic rings. The Morgan fingerprint density at radius 2 is 1.59 bits per heavy atom. The van der Waals surface area contributed by atoms with E-state index in [0.29, 0.717) is 6.04 Å². The van der Waals surface area contributed by atoms with E-state index < -0.39 is 0 Å². The zero-order valence-electron chi connectivity index (χ0n) is 16.4. The van der Waals surface area contributed by atoms with E-state index in [1.54, 1.807) is 7.11 Å². The van der Waals surface area contributed by atoms with Crippen LogP contribution in [0.4, 0.5) is 5.69 Å². The van der Waals surface area contributed by atoms with Crippen molar-refractivity contribution in [1.82, 2.24) is 4.90 Å². The van der Waals surface area contributed by atoms with Gasteiger partial charge >= 0.3 is 0 Å². The molecular weight excluding hydrogens is 332 g/mol. The lowest BCUT2D eigenvalue weighted by atomic mass is 9.81. The summed E-state index contributed by atoms with van der Waals surface area (Å²) in [6.45, 7) is 2.45. The first-order valence-corrected chi connectivity index (χ1v) is 10.5. The number of likely N-dealkylation sites (tertiary alicyclic amines) is 1. The maximum absolute atomic E-state index is 5.33. The minimum Gasteiger partial charge on any atom is -0.497 e. The number of hydrogen-bond acceptors (Lipinski definition) is 3. The Hall–Kier alpha value is -2.00. The van der Waals surface area contributed by atoms with Crippen LogP contribution in [0.25, 0.3) is 0 Å². The van der Waals surface area contributed by atoms with Gasteiger partial charge in [-0.15, -0.1) is 0 Å². The van der Waals surface area contributed by atoms with Crippen molar-refractivity contribution >= 4 is 5.69 Å². The lowest BCUT2D eigenvalue weighted by Gasteiger charge is -2.41. The highest BCUT2D eigenvalue weighted by atomic mass is 16.5. The van der Waals surface area contributed by atoms with Gasteiger partial charge in [0.2, 0.25) is 0 Å². The maximum atomic E-state index is 5.33. The van der Waals surface area contributed by atoms with Crippen LogP contribution >= 0.6 is 0 Å². The third-order valence-electron chi connectivity index (χ3n) is 6.45. The number of anilines is 1. The summed E-state index contributed by atoms with van der Waals surface area (Å²) in [6.07, 6.45) is 7.86. The molecule has 3 heteroatoms. The van der Waals surface area contributed by atoms with E-state index in [2.05, 4.69) is 58.7 Å². The number of piperidine rings is 1. The Morgan fingerprint density at radius 1 is 0.852 bits per heavy atom. The number of rotatable bonds is 5. The zero-order chi connectivity index (χ0) is 18.5. The second kappa shape index (κ2) is 8.79. The molecule has 2 fully saturated rings. The summed E-state index contributed by atoms with van der Waals surface area (Å²) in [6, 6.07) is 20.8. The normalized spacial score (nSPS) is 24.5. The van der Waals surface area contributed by atoms with Crippen molar-refractivity contribution < 1.29 is 4.74 Å². The largest absolute Gasteiger partial charge is 0.497 e. The van der Waals surface area contributed by atoms with Crippen LogP contribution < -0.4 is 10.1 Å². The predicted octanol–water partition coefficient (Wildman–Crippen LogP) is 5.30. The molecule has 0 radical (unpaired) electrons. The van der Waals surface area contributed by atoms with E-state index in [4.69, 9.17) is 4.74 Å². The van der Waals surface area contributed by atoms with Crippen LogP contribution in [-0.4, -0.2) is 37.2 Å². The molecule has 27 heavy (non-hydrogen) atoms. The highest BCUT2D eigenvalue weighted by molar-refractivity contribution is 5.48. The molecule has 144 valence electrons. The molecule has 1 saturated carbocycles. The van der Waals surface area contributed by atoms with Gasteiger partial charge in [0.15, 0.2) is 0 Å². The number of benzene rings is 2. The summed E-state index contributed by atoms with van der Waals surface area (Å²) < 4.78 is 5.33. The second-order valence-corrected chi connectivity index (χ2v) is 8.10. The van der Waals surface area contributed by atoms with Crippen molar-refractivity contribution in [2.24, 2.45) is 0 Å². The van der Waals surface area contributed by atoms with Gasteiger partial charge in [-0.05, 0) is 62.1 Å². The van der Waals surface area contributed by atoms with Crippen molar-refractivity contribution in [1.29, 1.82) is 0 Å². The van der Waals surface area contributed by atoms with Gasteiger partial charge < -0.3 is 15.0 Å². The number of nitrogens with one attached hydrogen (secondary N) is 1. The highest BCUT2D eigenvalue weighted by Crippen LogP contribution is 2.35. The minimum atomic E-state index is 0.578. The van der Waals surface area contributed by atoms with Gasteiger partial charge in [0, 0.05) is 36.9 Å². The summed E-state index contributed by atoms with van der Waals surface area (Å²) in [5.74, 6) is 1.70. The van der Waals surface area contributed by atoms with E-state index in [1.807, 2.05) is 6.07 Å². The van der Waals surface area contributed by atoms with Crippen LogP contribution in [0.2, 0.25) is 0 Å². The van der Waals surface area contributed by atoms with Gasteiger partial charge in [-0.25, -0.2) is 0 Å². The fourth-order valence-electron chi connectivity index (χ4n) is 4.86. The van der Waals surface area contributed by atoms with Crippen LogP contribution in [0.1, 0.15) is 50.0 Å². The van der Waals surface area contributed by atoms with Crippen molar-refractivity contribution in [3.05, 3.63) is 60.2 Å². The lowest BCUT2D eigenvalue weighted by Crippen LogP contribution is -2.45. The van der Waals surface area contributed by atoms with Gasteiger partial charge in [-0.3, -0.25) is 0 Å². The first-order chi connectivity index (χ1) is 13.3. The van der Waals surface area contributed by atoms with Crippen LogP contribution in [-0.2, 0) is 0 Å². The third-order valence-corrected chi connectivity index (χ3v) is 6.45. The van der Waals surface area contributed by atoms with Crippen molar-refractivity contribution in [3.8, 4) is 5.75 Å². The molecule has 0 aromatic heterocycles. The van der Waals surface area contributed by atoms with E-state index in [-0.39, 0.29) is 0 Å². The number of methoxy groups -OCH3 is 1. The first-order valence-electron chi connectivity index (χ1n) is 10.5. The SMILES string of the molecule is COc1cccc(NC2CCN(C3CCC(c4ccccc4)CC3)CC2)c1. The summed E-state index contributed by atoms with van der Waals surface area (Å²) in [5, 5.41) is 3.70. The van der Waals surface area contributed by atoms with E-state index in [0.717, 1.165) is 17.7 Å². The van der Waals surface area contributed by atoms with Crippen LogP contribution in [0, 0.1) is 0 Å². The Morgan fingerprint density at radius 3 is 2.30 bits per heavy atom. The highest BCUT2D eigenvalue weighted by Gasteiger charge is 2.29. The topological polar surface area (TPSA) is 24.5 Å². The molecule has 0 atom stereocenters.